The van der Waals surface area contributed by atoms with Crippen LogP contribution >= 0.6 is 0 Å². The van der Waals surface area contributed by atoms with Crippen LogP contribution in [0.3, 0.4) is 0 Å². The summed E-state index contributed by atoms with van der Waals surface area (Å²) in [5.74, 6) is -0.966. The van der Waals surface area contributed by atoms with Gasteiger partial charge < -0.3 is 15.7 Å². The van der Waals surface area contributed by atoms with Crippen molar-refractivity contribution in [1.29, 1.82) is 0 Å². The molecule has 0 bridgehead atoms. The molecule has 1 aromatic carbocycles. The van der Waals surface area contributed by atoms with E-state index in [1.807, 2.05) is 19.9 Å². The second-order valence-electron chi connectivity index (χ2n) is 5.49. The fraction of sp³-hybridized carbons (Fsp3) is 0.467. The lowest BCUT2D eigenvalue weighted by atomic mass is 9.84. The quantitative estimate of drug-likeness (QED) is 0.826. The van der Waals surface area contributed by atoms with E-state index in [4.69, 9.17) is 5.73 Å². The SMILES string of the molecule is CCC1(C(=O)O)CCN(C(=O)c2ccc(C)c(N)c2)C1. The molecule has 108 valence electrons. The molecule has 1 aliphatic rings. The largest absolute Gasteiger partial charge is 0.481 e. The maximum absolute atomic E-state index is 12.4. The van der Waals surface area contributed by atoms with Crippen molar-refractivity contribution in [3.8, 4) is 0 Å². The van der Waals surface area contributed by atoms with Crippen molar-refractivity contribution in [2.75, 3.05) is 18.8 Å². The first-order chi connectivity index (χ1) is 9.39. The number of carboxylic acids is 1. The van der Waals surface area contributed by atoms with Crippen LogP contribution in [0.4, 0.5) is 5.69 Å². The molecule has 1 fully saturated rings. The van der Waals surface area contributed by atoms with Gasteiger partial charge in [-0.25, -0.2) is 0 Å². The van der Waals surface area contributed by atoms with Gasteiger partial charge in [-0.2, -0.15) is 0 Å². The van der Waals surface area contributed by atoms with Crippen molar-refractivity contribution in [1.82, 2.24) is 4.90 Å². The second kappa shape index (κ2) is 5.15. The Morgan fingerprint density at radius 2 is 2.15 bits per heavy atom. The minimum atomic E-state index is -0.821. The lowest BCUT2D eigenvalue weighted by molar-refractivity contribution is -0.148. The van der Waals surface area contributed by atoms with Crippen LogP contribution in [-0.4, -0.2) is 35.0 Å². The van der Waals surface area contributed by atoms with Crippen molar-refractivity contribution in [3.63, 3.8) is 0 Å². The topological polar surface area (TPSA) is 83.6 Å². The van der Waals surface area contributed by atoms with E-state index >= 15 is 0 Å². The molecular weight excluding hydrogens is 256 g/mol. The molecule has 0 saturated carbocycles. The molecule has 5 nitrogen and oxygen atoms in total. The average Bonchev–Trinajstić information content (AvgIpc) is 2.87. The lowest BCUT2D eigenvalue weighted by Crippen LogP contribution is -2.36. The van der Waals surface area contributed by atoms with Crippen LogP contribution in [-0.2, 0) is 4.79 Å². The predicted octanol–water partition coefficient (Wildman–Crippen LogP) is 1.90. The van der Waals surface area contributed by atoms with E-state index in [1.54, 1.807) is 17.0 Å². The van der Waals surface area contributed by atoms with Gasteiger partial charge in [-0.1, -0.05) is 13.0 Å². The number of nitrogens with two attached hydrogens (primary N) is 1. The van der Waals surface area contributed by atoms with Crippen molar-refractivity contribution in [2.45, 2.75) is 26.7 Å². The predicted molar refractivity (Wildman–Crippen MR) is 76.5 cm³/mol. The number of carbonyl (C=O) groups excluding carboxylic acids is 1. The third kappa shape index (κ3) is 2.35. The molecule has 1 heterocycles. The molecule has 5 heteroatoms. The van der Waals surface area contributed by atoms with Gasteiger partial charge >= 0.3 is 5.97 Å². The van der Waals surface area contributed by atoms with Gasteiger partial charge in [0, 0.05) is 24.3 Å². The number of anilines is 1. The molecule has 3 N–H and O–H groups in total. The van der Waals surface area contributed by atoms with Crippen LogP contribution in [0, 0.1) is 12.3 Å². The first kappa shape index (κ1) is 14.4. The third-order valence-electron chi connectivity index (χ3n) is 4.30. The van der Waals surface area contributed by atoms with Crippen molar-refractivity contribution in [2.24, 2.45) is 5.41 Å². The van der Waals surface area contributed by atoms with Gasteiger partial charge in [0.1, 0.15) is 0 Å². The summed E-state index contributed by atoms with van der Waals surface area (Å²) < 4.78 is 0. The highest BCUT2D eigenvalue weighted by molar-refractivity contribution is 5.96. The Morgan fingerprint density at radius 1 is 1.45 bits per heavy atom. The van der Waals surface area contributed by atoms with Crippen LogP contribution in [0.15, 0.2) is 18.2 Å². The zero-order chi connectivity index (χ0) is 14.9. The summed E-state index contributed by atoms with van der Waals surface area (Å²) >= 11 is 0. The lowest BCUT2D eigenvalue weighted by Gasteiger charge is -2.23. The Labute approximate surface area is 118 Å². The van der Waals surface area contributed by atoms with Gasteiger partial charge in [0.25, 0.3) is 5.91 Å². The molecule has 1 aromatic rings. The van der Waals surface area contributed by atoms with E-state index in [9.17, 15) is 14.7 Å². The van der Waals surface area contributed by atoms with Gasteiger partial charge in [-0.05, 0) is 37.5 Å². The van der Waals surface area contributed by atoms with Gasteiger partial charge in [-0.3, -0.25) is 9.59 Å². The number of benzene rings is 1. The first-order valence-corrected chi connectivity index (χ1v) is 6.78. The molecule has 1 unspecified atom stereocenters. The highest BCUT2D eigenvalue weighted by atomic mass is 16.4. The summed E-state index contributed by atoms with van der Waals surface area (Å²) in [4.78, 5) is 25.4. The molecule has 1 atom stereocenters. The van der Waals surface area contributed by atoms with E-state index in [1.165, 1.54) is 0 Å². The minimum absolute atomic E-state index is 0.145. The zero-order valence-corrected chi connectivity index (χ0v) is 11.8. The standard InChI is InChI=1S/C15H20N2O3/c1-3-15(14(19)20)6-7-17(9-15)13(18)11-5-4-10(2)12(16)8-11/h4-5,8H,3,6-7,9,16H2,1-2H3,(H,19,20). The second-order valence-corrected chi connectivity index (χ2v) is 5.49. The number of rotatable bonds is 3. The number of nitrogen functional groups attached to an aromatic ring is 1. The maximum Gasteiger partial charge on any atom is 0.311 e. The number of carbonyl (C=O) groups is 2. The van der Waals surface area contributed by atoms with E-state index in [0.717, 1.165) is 5.56 Å². The minimum Gasteiger partial charge on any atom is -0.481 e. The van der Waals surface area contributed by atoms with Gasteiger partial charge in [-0.15, -0.1) is 0 Å². The Balaban J connectivity index is 2.19. The molecular formula is C15H20N2O3. The Kier molecular flexibility index (Phi) is 3.70. The molecule has 20 heavy (non-hydrogen) atoms. The van der Waals surface area contributed by atoms with Crippen LogP contribution in [0.25, 0.3) is 0 Å². The highest BCUT2D eigenvalue weighted by Crippen LogP contribution is 2.35. The van der Waals surface area contributed by atoms with Crippen LogP contribution < -0.4 is 5.73 Å². The zero-order valence-electron chi connectivity index (χ0n) is 11.8. The van der Waals surface area contributed by atoms with E-state index in [0.29, 0.717) is 30.6 Å². The van der Waals surface area contributed by atoms with E-state index in [2.05, 4.69) is 0 Å². The van der Waals surface area contributed by atoms with E-state index < -0.39 is 11.4 Å². The average molecular weight is 276 g/mol. The van der Waals surface area contributed by atoms with Crippen LogP contribution in [0.2, 0.25) is 0 Å². The van der Waals surface area contributed by atoms with Gasteiger partial charge in [0.05, 0.1) is 5.41 Å². The molecule has 1 saturated heterocycles. The first-order valence-electron chi connectivity index (χ1n) is 6.78. The van der Waals surface area contributed by atoms with Crippen molar-refractivity contribution < 1.29 is 14.7 Å². The fourth-order valence-corrected chi connectivity index (χ4v) is 2.62. The number of aliphatic carboxylic acids is 1. The molecule has 1 aliphatic heterocycles. The molecule has 0 aromatic heterocycles. The summed E-state index contributed by atoms with van der Waals surface area (Å²) in [6, 6.07) is 5.20. The van der Waals surface area contributed by atoms with Crippen molar-refractivity contribution in [3.05, 3.63) is 29.3 Å². The Morgan fingerprint density at radius 3 is 2.65 bits per heavy atom. The number of carboxylic acid groups (broad SMARTS) is 1. The number of hydrogen-bond donors (Lipinski definition) is 2. The molecule has 1 amide bonds. The Bertz CT molecular complexity index is 556. The maximum atomic E-state index is 12.4. The molecule has 0 radical (unpaired) electrons. The number of amides is 1. The smallest absolute Gasteiger partial charge is 0.311 e. The number of likely N-dealkylation sites (tertiary alicyclic amines) is 1. The summed E-state index contributed by atoms with van der Waals surface area (Å²) in [5.41, 5.74) is 7.05. The number of hydrogen-bond acceptors (Lipinski definition) is 3. The van der Waals surface area contributed by atoms with Gasteiger partial charge in [0.2, 0.25) is 0 Å². The normalized spacial score (nSPS) is 22.0. The molecule has 0 spiro atoms. The molecule has 2 rings (SSSR count). The van der Waals surface area contributed by atoms with Crippen molar-refractivity contribution >= 4 is 17.6 Å². The van der Waals surface area contributed by atoms with Gasteiger partial charge in [0.15, 0.2) is 0 Å². The summed E-state index contributed by atoms with van der Waals surface area (Å²) in [5, 5.41) is 9.36. The fourth-order valence-electron chi connectivity index (χ4n) is 2.62. The highest BCUT2D eigenvalue weighted by Gasteiger charge is 2.44. The Hall–Kier alpha value is -2.04. The third-order valence-corrected chi connectivity index (χ3v) is 4.30. The monoisotopic (exact) mass is 276 g/mol. The molecule has 0 aliphatic carbocycles. The summed E-state index contributed by atoms with van der Waals surface area (Å²) in [6.07, 6.45) is 1.04. The summed E-state index contributed by atoms with van der Waals surface area (Å²) in [7, 11) is 0. The summed E-state index contributed by atoms with van der Waals surface area (Å²) in [6.45, 7) is 4.48. The van der Waals surface area contributed by atoms with Crippen LogP contribution in [0.5, 0.6) is 0 Å². The number of nitrogens with zero attached hydrogens (tertiary/aromatic N) is 1. The number of aryl methyl sites for hydroxylation is 1. The van der Waals surface area contributed by atoms with Crippen LogP contribution in [0.1, 0.15) is 35.7 Å². The van der Waals surface area contributed by atoms with E-state index in [-0.39, 0.29) is 12.5 Å².